The van der Waals surface area contributed by atoms with Gasteiger partial charge in [-0.05, 0) is 30.7 Å². The van der Waals surface area contributed by atoms with Crippen LogP contribution < -0.4 is 5.32 Å². The molecule has 0 unspecified atom stereocenters. The molecule has 0 atom stereocenters. The molecule has 4 heteroatoms. The molecule has 0 aliphatic heterocycles. The topological polar surface area (TPSA) is 12.0 Å². The fourth-order valence-corrected chi connectivity index (χ4v) is 1.54. The zero-order chi connectivity index (χ0) is 9.68. The maximum Gasteiger partial charge on any atom is 0.0465 e. The molecule has 1 aromatic rings. The lowest BCUT2D eigenvalue weighted by Crippen LogP contribution is -2.13. The van der Waals surface area contributed by atoms with Crippen molar-refractivity contribution in [1.29, 1.82) is 0 Å². The van der Waals surface area contributed by atoms with E-state index in [0.29, 0.717) is 5.02 Å². The summed E-state index contributed by atoms with van der Waals surface area (Å²) in [5.74, 6) is 0. The minimum atomic E-state index is 0. The predicted molar refractivity (Wildman–Crippen MR) is 65.7 cm³/mol. The third-order valence-corrected chi connectivity index (χ3v) is 2.34. The molecule has 0 radical (unpaired) electrons. The number of hydrogen-bond acceptors (Lipinski definition) is 1. The van der Waals surface area contributed by atoms with Gasteiger partial charge in [-0.15, -0.1) is 12.4 Å². The second kappa shape index (κ2) is 7.36. The van der Waals surface area contributed by atoms with Crippen LogP contribution in [0.4, 0.5) is 0 Å². The largest absolute Gasteiger partial charge is 0.313 e. The third kappa shape index (κ3) is 4.52. The van der Waals surface area contributed by atoms with E-state index in [4.69, 9.17) is 23.2 Å². The van der Waals surface area contributed by atoms with Crippen molar-refractivity contribution in [3.8, 4) is 0 Å². The Hall–Kier alpha value is 0.0500. The molecule has 0 saturated carbocycles. The molecule has 1 rings (SSSR count). The van der Waals surface area contributed by atoms with Gasteiger partial charge in [0.2, 0.25) is 0 Å². The molecule has 0 aromatic heterocycles. The van der Waals surface area contributed by atoms with Gasteiger partial charge in [-0.3, -0.25) is 0 Å². The highest BCUT2D eigenvalue weighted by molar-refractivity contribution is 6.35. The van der Waals surface area contributed by atoms with Crippen LogP contribution >= 0.6 is 35.6 Å². The van der Waals surface area contributed by atoms with Gasteiger partial charge < -0.3 is 5.32 Å². The average Bonchev–Trinajstić information content (AvgIpc) is 2.09. The van der Waals surface area contributed by atoms with Crippen molar-refractivity contribution in [3.63, 3.8) is 0 Å². The zero-order valence-electron chi connectivity index (χ0n) is 8.02. The summed E-state index contributed by atoms with van der Waals surface area (Å²) in [6, 6.07) is 5.58. The minimum Gasteiger partial charge on any atom is -0.313 e. The molecule has 0 saturated heterocycles. The van der Waals surface area contributed by atoms with Crippen LogP contribution in [-0.2, 0) is 6.54 Å². The maximum absolute atomic E-state index is 5.98. The van der Waals surface area contributed by atoms with Crippen molar-refractivity contribution in [1.82, 2.24) is 5.32 Å². The quantitative estimate of drug-likeness (QED) is 0.803. The molecule has 80 valence electrons. The first-order chi connectivity index (χ1) is 6.24. The predicted octanol–water partition coefficient (Wildman–Crippen LogP) is 3.91. The van der Waals surface area contributed by atoms with Crippen LogP contribution in [0.3, 0.4) is 0 Å². The highest BCUT2D eigenvalue weighted by Gasteiger charge is 1.99. The second-order valence-corrected chi connectivity index (χ2v) is 3.76. The van der Waals surface area contributed by atoms with Gasteiger partial charge in [0.1, 0.15) is 0 Å². The molecular formula is C10H14Cl3N. The van der Waals surface area contributed by atoms with Crippen LogP contribution in [0.2, 0.25) is 10.0 Å². The van der Waals surface area contributed by atoms with Crippen LogP contribution in [-0.4, -0.2) is 6.54 Å². The van der Waals surface area contributed by atoms with E-state index in [9.17, 15) is 0 Å². The van der Waals surface area contributed by atoms with E-state index in [1.54, 1.807) is 6.07 Å². The summed E-state index contributed by atoms with van der Waals surface area (Å²) < 4.78 is 0. The van der Waals surface area contributed by atoms with Gasteiger partial charge in [-0.2, -0.15) is 0 Å². The Morgan fingerprint density at radius 2 is 2.00 bits per heavy atom. The van der Waals surface area contributed by atoms with Crippen molar-refractivity contribution in [2.24, 2.45) is 0 Å². The zero-order valence-corrected chi connectivity index (χ0v) is 10.3. The van der Waals surface area contributed by atoms with Crippen LogP contribution in [0.5, 0.6) is 0 Å². The van der Waals surface area contributed by atoms with Gasteiger partial charge in [-0.25, -0.2) is 0 Å². The summed E-state index contributed by atoms with van der Waals surface area (Å²) >= 11 is 11.8. The Bertz CT molecular complexity index is 276. The molecular weight excluding hydrogens is 240 g/mol. The summed E-state index contributed by atoms with van der Waals surface area (Å²) in [5.41, 5.74) is 1.10. The molecule has 0 bridgehead atoms. The summed E-state index contributed by atoms with van der Waals surface area (Å²) in [7, 11) is 0. The molecule has 0 amide bonds. The standard InChI is InChI=1S/C10H13Cl2N.ClH/c1-2-5-13-7-8-3-4-9(11)6-10(8)12;/h3-4,6,13H,2,5,7H2,1H3;1H. The molecule has 0 aliphatic carbocycles. The third-order valence-electron chi connectivity index (χ3n) is 1.76. The van der Waals surface area contributed by atoms with Crippen molar-refractivity contribution in [2.45, 2.75) is 19.9 Å². The first kappa shape index (κ1) is 14.1. The van der Waals surface area contributed by atoms with E-state index < -0.39 is 0 Å². The highest BCUT2D eigenvalue weighted by atomic mass is 35.5. The fraction of sp³-hybridized carbons (Fsp3) is 0.400. The Morgan fingerprint density at radius 1 is 1.29 bits per heavy atom. The van der Waals surface area contributed by atoms with Gasteiger partial charge in [0.05, 0.1) is 0 Å². The summed E-state index contributed by atoms with van der Waals surface area (Å²) in [6.07, 6.45) is 1.13. The van der Waals surface area contributed by atoms with E-state index in [1.165, 1.54) is 0 Å². The molecule has 0 aliphatic rings. The first-order valence-corrected chi connectivity index (χ1v) is 5.14. The Labute approximate surface area is 101 Å². The monoisotopic (exact) mass is 253 g/mol. The smallest absolute Gasteiger partial charge is 0.0465 e. The molecule has 1 aromatic carbocycles. The summed E-state index contributed by atoms with van der Waals surface area (Å²) in [5, 5.41) is 4.70. The van der Waals surface area contributed by atoms with Crippen molar-refractivity contribution < 1.29 is 0 Å². The Kier molecular flexibility index (Phi) is 7.38. The van der Waals surface area contributed by atoms with Gasteiger partial charge in [0.15, 0.2) is 0 Å². The van der Waals surface area contributed by atoms with Crippen molar-refractivity contribution >= 4 is 35.6 Å². The lowest BCUT2D eigenvalue weighted by Gasteiger charge is -2.05. The van der Waals surface area contributed by atoms with Crippen LogP contribution in [0.15, 0.2) is 18.2 Å². The number of nitrogens with one attached hydrogen (secondary N) is 1. The normalized spacial score (nSPS) is 9.64. The van der Waals surface area contributed by atoms with E-state index in [2.05, 4.69) is 12.2 Å². The minimum absolute atomic E-state index is 0. The number of hydrogen-bond donors (Lipinski definition) is 1. The maximum atomic E-state index is 5.98. The lowest BCUT2D eigenvalue weighted by molar-refractivity contribution is 0.675. The second-order valence-electron chi connectivity index (χ2n) is 2.91. The molecule has 1 nitrogen and oxygen atoms in total. The van der Waals surface area contributed by atoms with E-state index >= 15 is 0 Å². The lowest BCUT2D eigenvalue weighted by atomic mass is 10.2. The Balaban J connectivity index is 0.00000169. The van der Waals surface area contributed by atoms with Gasteiger partial charge in [-0.1, -0.05) is 36.2 Å². The SMILES string of the molecule is CCCNCc1ccc(Cl)cc1Cl.Cl. The Morgan fingerprint density at radius 3 is 2.57 bits per heavy atom. The van der Waals surface area contributed by atoms with Gasteiger partial charge >= 0.3 is 0 Å². The number of rotatable bonds is 4. The van der Waals surface area contributed by atoms with Crippen molar-refractivity contribution in [3.05, 3.63) is 33.8 Å². The molecule has 0 fully saturated rings. The van der Waals surface area contributed by atoms with Gasteiger partial charge in [0, 0.05) is 16.6 Å². The highest BCUT2D eigenvalue weighted by Crippen LogP contribution is 2.20. The van der Waals surface area contributed by atoms with E-state index in [1.807, 2.05) is 12.1 Å². The molecule has 14 heavy (non-hydrogen) atoms. The molecule has 0 heterocycles. The van der Waals surface area contributed by atoms with Gasteiger partial charge in [0.25, 0.3) is 0 Å². The van der Waals surface area contributed by atoms with Crippen LogP contribution in [0.25, 0.3) is 0 Å². The first-order valence-electron chi connectivity index (χ1n) is 4.38. The van der Waals surface area contributed by atoms with Crippen LogP contribution in [0.1, 0.15) is 18.9 Å². The number of benzene rings is 1. The van der Waals surface area contributed by atoms with E-state index in [-0.39, 0.29) is 12.4 Å². The van der Waals surface area contributed by atoms with E-state index in [0.717, 1.165) is 30.1 Å². The number of halogens is 3. The van der Waals surface area contributed by atoms with Crippen LogP contribution in [0, 0.1) is 0 Å². The fourth-order valence-electron chi connectivity index (χ4n) is 1.06. The average molecular weight is 255 g/mol. The molecule has 0 spiro atoms. The summed E-state index contributed by atoms with van der Waals surface area (Å²) in [6.45, 7) is 3.96. The molecule has 1 N–H and O–H groups in total. The van der Waals surface area contributed by atoms with Crippen molar-refractivity contribution in [2.75, 3.05) is 6.54 Å². The summed E-state index contributed by atoms with van der Waals surface area (Å²) in [4.78, 5) is 0.